The number of aliphatic hydroxyl groups is 1. The van der Waals surface area contributed by atoms with Crippen LogP contribution in [0.15, 0.2) is 16.8 Å². The van der Waals surface area contributed by atoms with Gasteiger partial charge in [-0.25, -0.2) is 4.79 Å². The maximum Gasteiger partial charge on any atom is 0.330 e. The number of ether oxygens (including phenoxy) is 1. The number of thiophene rings is 1. The Bertz CT molecular complexity index is 460. The zero-order valence-corrected chi connectivity index (χ0v) is 11.7. The summed E-state index contributed by atoms with van der Waals surface area (Å²) in [5, 5.41) is 17.3. The van der Waals surface area contributed by atoms with Crippen molar-refractivity contribution in [3.05, 3.63) is 22.4 Å². The van der Waals surface area contributed by atoms with Crippen LogP contribution in [0.3, 0.4) is 0 Å². The molecule has 7 nitrogen and oxygen atoms in total. The summed E-state index contributed by atoms with van der Waals surface area (Å²) in [6.45, 7) is -0.403. The summed E-state index contributed by atoms with van der Waals surface area (Å²) in [7, 11) is 1.16. The molecule has 1 heterocycles. The molecule has 0 aliphatic carbocycles. The van der Waals surface area contributed by atoms with Crippen LogP contribution in [-0.4, -0.2) is 49.2 Å². The lowest BCUT2D eigenvalue weighted by atomic mass is 10.3. The zero-order valence-electron chi connectivity index (χ0n) is 10.9. The maximum absolute atomic E-state index is 11.6. The number of aliphatic hydroxyl groups excluding tert-OH is 1. The summed E-state index contributed by atoms with van der Waals surface area (Å²) in [5.74, 6) is -1.44. The summed E-state index contributed by atoms with van der Waals surface area (Å²) in [4.78, 5) is 34.2. The summed E-state index contributed by atoms with van der Waals surface area (Å²) in [6, 6.07) is 0.596. The van der Waals surface area contributed by atoms with Crippen molar-refractivity contribution in [3.63, 3.8) is 0 Å². The molecule has 1 rings (SSSR count). The van der Waals surface area contributed by atoms with E-state index in [-0.39, 0.29) is 18.9 Å². The second kappa shape index (κ2) is 8.28. The molecule has 2 amide bonds. The molecule has 0 aromatic carbocycles. The second-order valence-electron chi connectivity index (χ2n) is 3.84. The van der Waals surface area contributed by atoms with Crippen molar-refractivity contribution >= 4 is 29.1 Å². The molecule has 1 atom stereocenters. The van der Waals surface area contributed by atoms with Crippen molar-refractivity contribution in [1.29, 1.82) is 0 Å². The summed E-state index contributed by atoms with van der Waals surface area (Å²) in [5.41, 5.74) is 0.540. The molecule has 0 saturated carbocycles. The van der Waals surface area contributed by atoms with Gasteiger partial charge in [0, 0.05) is 23.9 Å². The van der Waals surface area contributed by atoms with Gasteiger partial charge in [-0.1, -0.05) is 0 Å². The fourth-order valence-electron chi connectivity index (χ4n) is 1.37. The third kappa shape index (κ3) is 4.98. The Hall–Kier alpha value is -1.93. The molecular formula is C12H16N2O5S. The molecule has 1 unspecified atom stereocenters. The monoisotopic (exact) mass is 300 g/mol. The highest BCUT2D eigenvalue weighted by atomic mass is 32.1. The Balaban J connectivity index is 2.29. The SMILES string of the molecule is COC(=O)C(CO)NC(=O)CCNC(=O)c1ccsc1. The topological polar surface area (TPSA) is 105 Å². The molecule has 0 aliphatic rings. The van der Waals surface area contributed by atoms with Crippen molar-refractivity contribution in [3.8, 4) is 0 Å². The molecular weight excluding hydrogens is 284 g/mol. The Kier molecular flexibility index (Phi) is 6.68. The Labute approximate surface area is 119 Å². The van der Waals surface area contributed by atoms with E-state index in [1.165, 1.54) is 11.3 Å². The zero-order chi connectivity index (χ0) is 15.0. The third-order valence-electron chi connectivity index (χ3n) is 2.42. The van der Waals surface area contributed by atoms with Crippen LogP contribution in [0.1, 0.15) is 16.8 Å². The highest BCUT2D eigenvalue weighted by Gasteiger charge is 2.20. The van der Waals surface area contributed by atoms with E-state index < -0.39 is 24.5 Å². The van der Waals surface area contributed by atoms with Crippen molar-refractivity contribution in [2.24, 2.45) is 0 Å². The van der Waals surface area contributed by atoms with Gasteiger partial charge in [0.15, 0.2) is 6.04 Å². The Morgan fingerprint density at radius 1 is 1.45 bits per heavy atom. The number of amides is 2. The van der Waals surface area contributed by atoms with Gasteiger partial charge in [-0.05, 0) is 11.4 Å². The van der Waals surface area contributed by atoms with Crippen molar-refractivity contribution in [1.82, 2.24) is 10.6 Å². The highest BCUT2D eigenvalue weighted by Crippen LogP contribution is 2.05. The molecule has 0 aliphatic heterocycles. The molecule has 1 aromatic heterocycles. The van der Waals surface area contributed by atoms with Crippen LogP contribution >= 0.6 is 11.3 Å². The van der Waals surface area contributed by atoms with Gasteiger partial charge in [-0.3, -0.25) is 9.59 Å². The van der Waals surface area contributed by atoms with Crippen LogP contribution in [0.4, 0.5) is 0 Å². The van der Waals surface area contributed by atoms with Gasteiger partial charge in [-0.2, -0.15) is 11.3 Å². The highest BCUT2D eigenvalue weighted by molar-refractivity contribution is 7.08. The first-order chi connectivity index (χ1) is 9.58. The van der Waals surface area contributed by atoms with Crippen LogP contribution in [0.25, 0.3) is 0 Å². The van der Waals surface area contributed by atoms with E-state index in [1.807, 2.05) is 0 Å². The summed E-state index contributed by atoms with van der Waals surface area (Å²) < 4.78 is 4.41. The molecule has 3 N–H and O–H groups in total. The van der Waals surface area contributed by atoms with Gasteiger partial charge >= 0.3 is 5.97 Å². The summed E-state index contributed by atoms with van der Waals surface area (Å²) >= 11 is 1.41. The quantitative estimate of drug-likeness (QED) is 0.590. The molecule has 0 spiro atoms. The Morgan fingerprint density at radius 2 is 2.20 bits per heavy atom. The van der Waals surface area contributed by atoms with Crippen molar-refractivity contribution in [2.45, 2.75) is 12.5 Å². The fraction of sp³-hybridized carbons (Fsp3) is 0.417. The lowest BCUT2D eigenvalue weighted by Gasteiger charge is -2.13. The van der Waals surface area contributed by atoms with Gasteiger partial charge in [0.25, 0.3) is 5.91 Å². The number of carbonyl (C=O) groups excluding carboxylic acids is 3. The number of carbonyl (C=O) groups is 3. The van der Waals surface area contributed by atoms with Gasteiger partial charge in [0.1, 0.15) is 0 Å². The number of methoxy groups -OCH3 is 1. The lowest BCUT2D eigenvalue weighted by Crippen LogP contribution is -2.44. The molecule has 110 valence electrons. The maximum atomic E-state index is 11.6. The standard InChI is InChI=1S/C12H16N2O5S/c1-19-12(18)9(6-15)14-10(16)2-4-13-11(17)8-3-5-20-7-8/h3,5,7,9,15H,2,4,6H2,1H3,(H,13,17)(H,14,16). The third-order valence-corrected chi connectivity index (χ3v) is 3.11. The minimum Gasteiger partial charge on any atom is -0.467 e. The largest absolute Gasteiger partial charge is 0.467 e. The number of hydrogen-bond donors (Lipinski definition) is 3. The first-order valence-electron chi connectivity index (χ1n) is 5.87. The fourth-order valence-corrected chi connectivity index (χ4v) is 2.01. The lowest BCUT2D eigenvalue weighted by molar-refractivity contribution is -0.146. The molecule has 1 aromatic rings. The first-order valence-corrected chi connectivity index (χ1v) is 6.81. The number of nitrogens with one attached hydrogen (secondary N) is 2. The second-order valence-corrected chi connectivity index (χ2v) is 4.62. The van der Waals surface area contributed by atoms with Gasteiger partial charge in [-0.15, -0.1) is 0 Å². The van der Waals surface area contributed by atoms with Crippen LogP contribution in [0.5, 0.6) is 0 Å². The van der Waals surface area contributed by atoms with Crippen LogP contribution < -0.4 is 10.6 Å². The Morgan fingerprint density at radius 3 is 2.75 bits per heavy atom. The molecule has 0 bridgehead atoms. The van der Waals surface area contributed by atoms with E-state index in [0.717, 1.165) is 7.11 Å². The molecule has 0 saturated heterocycles. The van der Waals surface area contributed by atoms with Crippen molar-refractivity contribution < 1.29 is 24.2 Å². The molecule has 0 radical (unpaired) electrons. The predicted molar refractivity (Wildman–Crippen MR) is 72.3 cm³/mol. The number of esters is 1. The minimum atomic E-state index is -1.08. The van der Waals surface area contributed by atoms with Crippen LogP contribution in [0, 0.1) is 0 Å². The minimum absolute atomic E-state index is 0.00334. The average molecular weight is 300 g/mol. The molecule has 20 heavy (non-hydrogen) atoms. The predicted octanol–water partition coefficient (Wildman–Crippen LogP) is -0.482. The van der Waals surface area contributed by atoms with E-state index in [2.05, 4.69) is 15.4 Å². The van der Waals surface area contributed by atoms with Crippen LogP contribution in [-0.2, 0) is 14.3 Å². The normalized spacial score (nSPS) is 11.5. The van der Waals surface area contributed by atoms with E-state index in [9.17, 15) is 14.4 Å². The van der Waals surface area contributed by atoms with Gasteiger partial charge in [0.05, 0.1) is 13.7 Å². The average Bonchev–Trinajstić information content (AvgIpc) is 2.98. The van der Waals surface area contributed by atoms with E-state index in [0.29, 0.717) is 5.56 Å². The molecule has 0 fully saturated rings. The van der Waals surface area contributed by atoms with E-state index in [4.69, 9.17) is 5.11 Å². The van der Waals surface area contributed by atoms with Gasteiger partial charge in [0.2, 0.25) is 5.91 Å². The molecule has 8 heteroatoms. The summed E-state index contributed by atoms with van der Waals surface area (Å²) in [6.07, 6.45) is 0.00334. The van der Waals surface area contributed by atoms with E-state index in [1.54, 1.807) is 16.8 Å². The van der Waals surface area contributed by atoms with E-state index >= 15 is 0 Å². The van der Waals surface area contributed by atoms with Crippen LogP contribution in [0.2, 0.25) is 0 Å². The smallest absolute Gasteiger partial charge is 0.330 e. The van der Waals surface area contributed by atoms with Gasteiger partial charge < -0.3 is 20.5 Å². The number of hydrogen-bond acceptors (Lipinski definition) is 6. The van der Waals surface area contributed by atoms with Crippen molar-refractivity contribution in [2.75, 3.05) is 20.3 Å². The number of rotatable bonds is 7. The first kappa shape index (κ1) is 16.1.